The van der Waals surface area contributed by atoms with Gasteiger partial charge in [0.05, 0.1) is 11.8 Å². The molecule has 3 rings (SSSR count). The molecule has 2 aromatic heterocycles. The van der Waals surface area contributed by atoms with Gasteiger partial charge in [0.25, 0.3) is 5.91 Å². The topological polar surface area (TPSA) is 62.7 Å². The lowest BCUT2D eigenvalue weighted by Gasteiger charge is -2.12. The molecule has 24 heavy (non-hydrogen) atoms. The van der Waals surface area contributed by atoms with E-state index in [0.717, 1.165) is 24.1 Å². The van der Waals surface area contributed by atoms with E-state index in [1.54, 1.807) is 6.20 Å². The zero-order valence-corrected chi connectivity index (χ0v) is 14.5. The number of amides is 1. The largest absolute Gasteiger partial charge is 0.361 e. The lowest BCUT2D eigenvalue weighted by Crippen LogP contribution is -2.26. The molecule has 1 aromatic carbocycles. The number of hydrogen-bond acceptors (Lipinski definition) is 2. The number of aromatic nitrogens is 3. The van der Waals surface area contributed by atoms with E-state index in [-0.39, 0.29) is 5.91 Å². The van der Waals surface area contributed by atoms with Crippen LogP contribution in [-0.4, -0.2) is 27.2 Å². The maximum atomic E-state index is 12.4. The fourth-order valence-electron chi connectivity index (χ4n) is 3.01. The Morgan fingerprint density at radius 1 is 1.38 bits per heavy atom. The summed E-state index contributed by atoms with van der Waals surface area (Å²) in [4.78, 5) is 15.7. The van der Waals surface area contributed by atoms with Crippen molar-refractivity contribution in [2.75, 3.05) is 6.54 Å². The molecule has 5 heteroatoms. The van der Waals surface area contributed by atoms with Crippen LogP contribution in [0.1, 0.15) is 47.9 Å². The van der Waals surface area contributed by atoms with E-state index in [0.29, 0.717) is 18.2 Å². The van der Waals surface area contributed by atoms with E-state index >= 15 is 0 Å². The van der Waals surface area contributed by atoms with Crippen molar-refractivity contribution in [2.24, 2.45) is 0 Å². The molecule has 0 radical (unpaired) electrons. The number of aromatic amines is 1. The molecule has 1 amide bonds. The van der Waals surface area contributed by atoms with Gasteiger partial charge in [0.2, 0.25) is 0 Å². The maximum absolute atomic E-state index is 12.4. The zero-order chi connectivity index (χ0) is 17.1. The minimum absolute atomic E-state index is 0.0538. The van der Waals surface area contributed by atoms with Crippen molar-refractivity contribution < 1.29 is 4.79 Å². The van der Waals surface area contributed by atoms with Gasteiger partial charge < -0.3 is 10.3 Å². The highest BCUT2D eigenvalue weighted by Crippen LogP contribution is 2.18. The molecule has 0 saturated heterocycles. The number of para-hydroxylation sites is 1. The molecular formula is C19H24N4O. The predicted octanol–water partition coefficient (Wildman–Crippen LogP) is 3.62. The van der Waals surface area contributed by atoms with Crippen LogP contribution in [0.2, 0.25) is 0 Å². The Morgan fingerprint density at radius 3 is 2.96 bits per heavy atom. The van der Waals surface area contributed by atoms with Crippen molar-refractivity contribution in [2.45, 2.75) is 39.7 Å². The molecule has 126 valence electrons. The Labute approximate surface area is 142 Å². The van der Waals surface area contributed by atoms with Crippen LogP contribution >= 0.6 is 0 Å². The standard InChI is InChI=1S/C19H24N4O/c1-4-13(2)23-14(3)17(12-22-23)19(24)20-10-9-15-11-21-18-8-6-5-7-16(15)18/h5-8,11-13,21H,4,9-10H2,1-3H3,(H,20,24)/t13-/m0/s1. The van der Waals surface area contributed by atoms with E-state index in [1.165, 1.54) is 10.9 Å². The molecule has 0 aliphatic heterocycles. The van der Waals surface area contributed by atoms with Gasteiger partial charge in [0.1, 0.15) is 0 Å². The van der Waals surface area contributed by atoms with Gasteiger partial charge in [-0.2, -0.15) is 5.10 Å². The van der Waals surface area contributed by atoms with Crippen LogP contribution in [0.25, 0.3) is 10.9 Å². The first-order chi connectivity index (χ1) is 11.6. The second-order valence-electron chi connectivity index (χ2n) is 6.21. The highest BCUT2D eigenvalue weighted by atomic mass is 16.1. The summed E-state index contributed by atoms with van der Waals surface area (Å²) in [5, 5.41) is 8.58. The lowest BCUT2D eigenvalue weighted by atomic mass is 10.1. The van der Waals surface area contributed by atoms with E-state index in [9.17, 15) is 4.79 Å². The summed E-state index contributed by atoms with van der Waals surface area (Å²) in [5.74, 6) is -0.0538. The van der Waals surface area contributed by atoms with Gasteiger partial charge in [-0.1, -0.05) is 25.1 Å². The molecule has 0 aliphatic carbocycles. The van der Waals surface area contributed by atoms with Gasteiger partial charge in [-0.05, 0) is 38.3 Å². The van der Waals surface area contributed by atoms with Crippen LogP contribution in [0.5, 0.6) is 0 Å². The van der Waals surface area contributed by atoms with Crippen LogP contribution < -0.4 is 5.32 Å². The first kappa shape index (κ1) is 16.3. The molecule has 1 atom stereocenters. The third-order valence-corrected chi connectivity index (χ3v) is 4.65. The van der Waals surface area contributed by atoms with Crippen molar-refractivity contribution in [1.29, 1.82) is 0 Å². The molecular weight excluding hydrogens is 300 g/mol. The van der Waals surface area contributed by atoms with E-state index < -0.39 is 0 Å². The number of hydrogen-bond donors (Lipinski definition) is 2. The fraction of sp³-hybridized carbons (Fsp3) is 0.368. The number of carbonyl (C=O) groups is 1. The van der Waals surface area contributed by atoms with E-state index in [1.807, 2.05) is 29.9 Å². The van der Waals surface area contributed by atoms with Crippen molar-refractivity contribution >= 4 is 16.8 Å². The predicted molar refractivity (Wildman–Crippen MR) is 96.3 cm³/mol. The van der Waals surface area contributed by atoms with Crippen molar-refractivity contribution in [3.05, 3.63) is 53.5 Å². The minimum atomic E-state index is -0.0538. The molecule has 3 aromatic rings. The number of benzene rings is 1. The van der Waals surface area contributed by atoms with Crippen molar-refractivity contribution in [1.82, 2.24) is 20.1 Å². The zero-order valence-electron chi connectivity index (χ0n) is 14.5. The average molecular weight is 324 g/mol. The number of H-pyrrole nitrogens is 1. The first-order valence-electron chi connectivity index (χ1n) is 8.49. The van der Waals surface area contributed by atoms with Gasteiger partial charge in [0, 0.05) is 35.4 Å². The molecule has 0 fully saturated rings. The van der Waals surface area contributed by atoms with Crippen molar-refractivity contribution in [3.8, 4) is 0 Å². The summed E-state index contributed by atoms with van der Waals surface area (Å²) in [6, 6.07) is 8.51. The number of rotatable bonds is 6. The second kappa shape index (κ2) is 6.91. The summed E-state index contributed by atoms with van der Waals surface area (Å²) in [5.41, 5.74) is 3.94. The summed E-state index contributed by atoms with van der Waals surface area (Å²) in [7, 11) is 0. The summed E-state index contributed by atoms with van der Waals surface area (Å²) in [6.45, 7) is 6.79. The highest BCUT2D eigenvalue weighted by molar-refractivity contribution is 5.95. The Kier molecular flexibility index (Phi) is 4.69. The SMILES string of the molecule is CC[C@H](C)n1ncc(C(=O)NCCc2c[nH]c3ccccc23)c1C. The highest BCUT2D eigenvalue weighted by Gasteiger charge is 2.16. The van der Waals surface area contributed by atoms with Gasteiger partial charge in [-0.15, -0.1) is 0 Å². The Balaban J connectivity index is 1.63. The molecule has 0 aliphatic rings. The van der Waals surface area contributed by atoms with Gasteiger partial charge in [-0.3, -0.25) is 9.48 Å². The maximum Gasteiger partial charge on any atom is 0.254 e. The third kappa shape index (κ3) is 3.07. The van der Waals surface area contributed by atoms with E-state index in [2.05, 4.69) is 41.4 Å². The molecule has 0 unspecified atom stereocenters. The number of nitrogens with one attached hydrogen (secondary N) is 2. The quantitative estimate of drug-likeness (QED) is 0.727. The van der Waals surface area contributed by atoms with Crippen LogP contribution in [0.15, 0.2) is 36.7 Å². The molecule has 0 saturated carbocycles. The van der Waals surface area contributed by atoms with Crippen molar-refractivity contribution in [3.63, 3.8) is 0 Å². The number of nitrogens with zero attached hydrogens (tertiary/aromatic N) is 2. The smallest absolute Gasteiger partial charge is 0.254 e. The van der Waals surface area contributed by atoms with Gasteiger partial charge in [0.15, 0.2) is 0 Å². The number of fused-ring (bicyclic) bond motifs is 1. The van der Waals surface area contributed by atoms with Crippen LogP contribution in [0.3, 0.4) is 0 Å². The normalized spacial score (nSPS) is 12.5. The molecule has 2 heterocycles. The summed E-state index contributed by atoms with van der Waals surface area (Å²) in [6.07, 6.45) is 5.48. The van der Waals surface area contributed by atoms with Crippen LogP contribution in [0, 0.1) is 6.92 Å². The Hall–Kier alpha value is -2.56. The third-order valence-electron chi connectivity index (χ3n) is 4.65. The molecule has 2 N–H and O–H groups in total. The van der Waals surface area contributed by atoms with E-state index in [4.69, 9.17) is 0 Å². The summed E-state index contributed by atoms with van der Waals surface area (Å²) >= 11 is 0. The molecule has 0 spiro atoms. The lowest BCUT2D eigenvalue weighted by molar-refractivity contribution is 0.0953. The Bertz CT molecular complexity index is 846. The van der Waals surface area contributed by atoms with Gasteiger partial charge >= 0.3 is 0 Å². The van der Waals surface area contributed by atoms with Gasteiger partial charge in [-0.25, -0.2) is 0 Å². The fourth-order valence-corrected chi connectivity index (χ4v) is 3.01. The monoisotopic (exact) mass is 324 g/mol. The molecule has 0 bridgehead atoms. The molecule has 5 nitrogen and oxygen atoms in total. The van der Waals surface area contributed by atoms with Crippen LogP contribution in [0.4, 0.5) is 0 Å². The summed E-state index contributed by atoms with van der Waals surface area (Å²) < 4.78 is 1.93. The Morgan fingerprint density at radius 2 is 2.17 bits per heavy atom. The first-order valence-corrected chi connectivity index (χ1v) is 8.49. The minimum Gasteiger partial charge on any atom is -0.361 e. The number of carbonyl (C=O) groups excluding carboxylic acids is 1. The van der Waals surface area contributed by atoms with Crippen LogP contribution in [-0.2, 0) is 6.42 Å². The average Bonchev–Trinajstić information content (AvgIpc) is 3.18. The second-order valence-corrected chi connectivity index (χ2v) is 6.21.